The minimum Gasteiger partial charge on any atom is -0.393 e. The van der Waals surface area contributed by atoms with E-state index in [1.807, 2.05) is 42.6 Å². The van der Waals surface area contributed by atoms with Gasteiger partial charge < -0.3 is 15.4 Å². The molecule has 1 atom stereocenters. The molecule has 1 aliphatic carbocycles. The molecule has 3 aromatic rings. The highest BCUT2D eigenvalue weighted by Crippen LogP contribution is 2.39. The van der Waals surface area contributed by atoms with Gasteiger partial charge in [0.1, 0.15) is 0 Å². The van der Waals surface area contributed by atoms with E-state index in [0.29, 0.717) is 23.9 Å². The van der Waals surface area contributed by atoms with Gasteiger partial charge >= 0.3 is 0 Å². The zero-order valence-corrected chi connectivity index (χ0v) is 15.2. The first-order valence-electron chi connectivity index (χ1n) is 8.67. The summed E-state index contributed by atoms with van der Waals surface area (Å²) in [6.07, 6.45) is 1.07. The van der Waals surface area contributed by atoms with Crippen molar-refractivity contribution in [2.24, 2.45) is 5.92 Å². The highest BCUT2D eigenvalue weighted by atomic mass is 32.1. The number of aliphatic hydroxyl groups excluding tert-OH is 1. The Morgan fingerprint density at radius 2 is 2.12 bits per heavy atom. The van der Waals surface area contributed by atoms with Crippen LogP contribution < -0.4 is 10.9 Å². The van der Waals surface area contributed by atoms with Gasteiger partial charge in [-0.15, -0.1) is 11.3 Å². The fraction of sp³-hybridized carbons (Fsp3) is 0.300. The van der Waals surface area contributed by atoms with E-state index in [-0.39, 0.29) is 29.5 Å². The fourth-order valence-electron chi connectivity index (χ4n) is 3.57. The predicted molar refractivity (Wildman–Crippen MR) is 103 cm³/mol. The van der Waals surface area contributed by atoms with Gasteiger partial charge in [-0.1, -0.05) is 17.7 Å². The molecule has 0 unspecified atom stereocenters. The van der Waals surface area contributed by atoms with Crippen molar-refractivity contribution in [3.05, 3.63) is 68.1 Å². The second-order valence-electron chi connectivity index (χ2n) is 6.95. The summed E-state index contributed by atoms with van der Waals surface area (Å²) < 4.78 is 0. The topological polar surface area (TPSA) is 82.2 Å². The number of carbonyl (C=O) groups excluding carboxylic acids is 1. The SMILES string of the molecule is Cc1ccc2[nH]c(=O)cc(C(=O)N[C@H](c3cccs3)C3CC(O)C3)c2c1. The van der Waals surface area contributed by atoms with Crippen LogP contribution >= 0.6 is 11.3 Å². The van der Waals surface area contributed by atoms with E-state index < -0.39 is 0 Å². The second-order valence-corrected chi connectivity index (χ2v) is 7.93. The molecule has 2 aromatic heterocycles. The number of benzene rings is 1. The van der Waals surface area contributed by atoms with E-state index in [2.05, 4.69) is 10.3 Å². The van der Waals surface area contributed by atoms with Crippen molar-refractivity contribution in [2.45, 2.75) is 31.9 Å². The lowest BCUT2D eigenvalue weighted by molar-refractivity contribution is 0.0241. The molecular weight excluding hydrogens is 348 g/mol. The largest absolute Gasteiger partial charge is 0.393 e. The Morgan fingerprint density at radius 1 is 1.31 bits per heavy atom. The maximum Gasteiger partial charge on any atom is 0.252 e. The van der Waals surface area contributed by atoms with Crippen LogP contribution in [0.4, 0.5) is 0 Å². The van der Waals surface area contributed by atoms with Crippen LogP contribution in [0, 0.1) is 12.8 Å². The highest BCUT2D eigenvalue weighted by molar-refractivity contribution is 7.10. The van der Waals surface area contributed by atoms with E-state index in [1.54, 1.807) is 11.3 Å². The lowest BCUT2D eigenvalue weighted by Crippen LogP contribution is -2.41. The molecule has 5 nitrogen and oxygen atoms in total. The van der Waals surface area contributed by atoms with Gasteiger partial charge in [0.2, 0.25) is 5.56 Å². The molecule has 0 radical (unpaired) electrons. The number of carbonyl (C=O) groups is 1. The fourth-order valence-corrected chi connectivity index (χ4v) is 4.44. The molecule has 6 heteroatoms. The van der Waals surface area contributed by atoms with Gasteiger partial charge in [0.05, 0.1) is 17.7 Å². The normalized spacial score (nSPS) is 20.5. The maximum absolute atomic E-state index is 13.0. The number of aromatic amines is 1. The standard InChI is InChI=1S/C20H20N2O3S/c1-11-4-5-16-14(7-11)15(10-18(24)21-16)20(25)22-19(12-8-13(23)9-12)17-3-2-6-26-17/h2-7,10,12-13,19,23H,8-9H2,1H3,(H,21,24)(H,22,25)/t12?,13?,19-/m0/s1. The first-order chi connectivity index (χ1) is 12.5. The van der Waals surface area contributed by atoms with Crippen molar-refractivity contribution in [2.75, 3.05) is 0 Å². The van der Waals surface area contributed by atoms with E-state index >= 15 is 0 Å². The summed E-state index contributed by atoms with van der Waals surface area (Å²) >= 11 is 1.59. The lowest BCUT2D eigenvalue weighted by Gasteiger charge is -2.37. The number of H-pyrrole nitrogens is 1. The van der Waals surface area contributed by atoms with E-state index in [0.717, 1.165) is 15.8 Å². The Labute approximate surface area is 154 Å². The number of rotatable bonds is 4. The van der Waals surface area contributed by atoms with E-state index in [4.69, 9.17) is 0 Å². The number of amides is 1. The minimum atomic E-state index is -0.293. The van der Waals surface area contributed by atoms with Gasteiger partial charge in [-0.2, -0.15) is 0 Å². The third-order valence-electron chi connectivity index (χ3n) is 5.00. The number of aromatic nitrogens is 1. The quantitative estimate of drug-likeness (QED) is 0.662. The van der Waals surface area contributed by atoms with Crippen LogP contribution in [0.2, 0.25) is 0 Å². The summed E-state index contributed by atoms with van der Waals surface area (Å²) in [5, 5.41) is 15.5. The number of hydrogen-bond donors (Lipinski definition) is 3. The van der Waals surface area contributed by atoms with Gasteiger partial charge in [-0.3, -0.25) is 9.59 Å². The number of aryl methyl sites for hydroxylation is 1. The Morgan fingerprint density at radius 3 is 2.81 bits per heavy atom. The third kappa shape index (κ3) is 3.18. The maximum atomic E-state index is 13.0. The second kappa shape index (κ2) is 6.70. The van der Waals surface area contributed by atoms with Gasteiger partial charge in [-0.05, 0) is 49.3 Å². The molecule has 1 fully saturated rings. The highest BCUT2D eigenvalue weighted by Gasteiger charge is 2.36. The number of pyridine rings is 1. The van der Waals surface area contributed by atoms with Crippen LogP contribution in [-0.4, -0.2) is 22.1 Å². The number of fused-ring (bicyclic) bond motifs is 1. The van der Waals surface area contributed by atoms with E-state index in [1.165, 1.54) is 6.07 Å². The van der Waals surface area contributed by atoms with Gasteiger partial charge in [0.25, 0.3) is 5.91 Å². The van der Waals surface area contributed by atoms with Crippen molar-refractivity contribution < 1.29 is 9.90 Å². The Balaban J connectivity index is 1.69. The molecule has 2 heterocycles. The van der Waals surface area contributed by atoms with Crippen LogP contribution in [0.3, 0.4) is 0 Å². The van der Waals surface area contributed by atoms with Crippen molar-refractivity contribution in [1.29, 1.82) is 0 Å². The van der Waals surface area contributed by atoms with Crippen LogP contribution in [0.15, 0.2) is 46.6 Å². The molecule has 0 aliphatic heterocycles. The number of thiophene rings is 1. The molecule has 0 spiro atoms. The van der Waals surface area contributed by atoms with E-state index in [9.17, 15) is 14.7 Å². The van der Waals surface area contributed by atoms with Gasteiger partial charge in [-0.25, -0.2) is 0 Å². The van der Waals surface area contributed by atoms with Crippen LogP contribution in [0.1, 0.15) is 39.7 Å². The molecule has 3 N–H and O–H groups in total. The molecule has 134 valence electrons. The van der Waals surface area contributed by atoms with Crippen LogP contribution in [0.25, 0.3) is 10.9 Å². The van der Waals surface area contributed by atoms with Gasteiger partial charge in [0.15, 0.2) is 0 Å². The Kier molecular flexibility index (Phi) is 4.38. The summed E-state index contributed by atoms with van der Waals surface area (Å²) in [5.41, 5.74) is 1.77. The summed E-state index contributed by atoms with van der Waals surface area (Å²) in [6.45, 7) is 1.95. The lowest BCUT2D eigenvalue weighted by atomic mass is 9.76. The van der Waals surface area contributed by atoms with Crippen molar-refractivity contribution in [3.63, 3.8) is 0 Å². The number of hydrogen-bond acceptors (Lipinski definition) is 4. The van der Waals surface area contributed by atoms with Crippen LogP contribution in [0.5, 0.6) is 0 Å². The molecule has 1 saturated carbocycles. The molecule has 1 aliphatic rings. The first kappa shape index (κ1) is 17.0. The Hall–Kier alpha value is -2.44. The zero-order chi connectivity index (χ0) is 18.3. The number of nitrogens with one attached hydrogen (secondary N) is 2. The van der Waals surface area contributed by atoms with Crippen molar-refractivity contribution in [3.8, 4) is 0 Å². The zero-order valence-electron chi connectivity index (χ0n) is 14.4. The average Bonchev–Trinajstić information content (AvgIpc) is 3.11. The monoisotopic (exact) mass is 368 g/mol. The van der Waals surface area contributed by atoms with Crippen molar-refractivity contribution in [1.82, 2.24) is 10.3 Å². The summed E-state index contributed by atoms with van der Waals surface area (Å²) in [7, 11) is 0. The summed E-state index contributed by atoms with van der Waals surface area (Å²) in [5.74, 6) is -0.0471. The predicted octanol–water partition coefficient (Wildman–Crippen LogP) is 3.14. The molecule has 1 amide bonds. The van der Waals surface area contributed by atoms with Gasteiger partial charge in [0, 0.05) is 21.8 Å². The molecule has 4 rings (SSSR count). The smallest absolute Gasteiger partial charge is 0.252 e. The first-order valence-corrected chi connectivity index (χ1v) is 9.55. The third-order valence-corrected chi connectivity index (χ3v) is 5.96. The summed E-state index contributed by atoms with van der Waals surface area (Å²) in [6, 6.07) is 10.8. The number of aliphatic hydroxyl groups is 1. The minimum absolute atomic E-state index is 0.148. The molecular formula is C20H20N2O3S. The molecule has 1 aromatic carbocycles. The Bertz CT molecular complexity index is 1000. The molecule has 26 heavy (non-hydrogen) atoms. The van der Waals surface area contributed by atoms with Crippen molar-refractivity contribution >= 4 is 28.1 Å². The summed E-state index contributed by atoms with van der Waals surface area (Å²) in [4.78, 5) is 28.9. The van der Waals surface area contributed by atoms with Crippen LogP contribution in [-0.2, 0) is 0 Å². The molecule has 0 bridgehead atoms. The average molecular weight is 368 g/mol. The molecule has 0 saturated heterocycles.